The number of fused-ring (bicyclic) bond motifs is 8. The normalized spacial score (nSPS) is 16.2. The minimum atomic E-state index is -0.886. The molecule has 43 heavy (non-hydrogen) atoms. The summed E-state index contributed by atoms with van der Waals surface area (Å²) in [6.45, 7) is 12.0. The van der Waals surface area contributed by atoms with Crippen LogP contribution in [0.5, 0.6) is 0 Å². The second kappa shape index (κ2) is 12.6. The van der Waals surface area contributed by atoms with Gasteiger partial charge in [0.2, 0.25) is 0 Å². The standard InChI is InChI=1S/C34H34N4O4.Fe/c1-7-21-17(3)25-13-26-19(5)23(9-11-33(39)40)31(37-26)16-32-24(10-12-34(41)42)20(6)28(38-32)15-30-22(8-2)18(4)27(36-30)14-29(21)35-25;/h7-8,13-16H,9-12H2,1-6H3,(H,39,40)(H,41,42);/q-4;+2/b21-7+,22-8+,26-13-,29-14-,30-15-,31-16-;. The van der Waals surface area contributed by atoms with E-state index < -0.39 is 11.9 Å². The van der Waals surface area contributed by atoms with E-state index in [1.165, 1.54) is 0 Å². The number of aliphatic carboxylic acids is 2. The zero-order chi connectivity index (χ0) is 30.3. The van der Waals surface area contributed by atoms with Crippen LogP contribution >= 0.6 is 0 Å². The molecule has 4 aromatic heterocycles. The Kier molecular flexibility index (Phi) is 9.28. The first-order valence-corrected chi connectivity index (χ1v) is 14.1. The Morgan fingerprint density at radius 3 is 1.51 bits per heavy atom. The third kappa shape index (κ3) is 6.01. The van der Waals surface area contributed by atoms with E-state index in [-0.39, 0.29) is 29.9 Å². The van der Waals surface area contributed by atoms with Crippen LogP contribution in [0.1, 0.15) is 82.8 Å². The molecule has 0 fully saturated rings. The minimum Gasteiger partial charge on any atom is -0.657 e. The van der Waals surface area contributed by atoms with Crippen LogP contribution in [-0.4, -0.2) is 22.2 Å². The summed E-state index contributed by atoms with van der Waals surface area (Å²) in [5, 5.41) is 23.9. The van der Waals surface area contributed by atoms with Gasteiger partial charge in [-0.1, -0.05) is 69.8 Å². The second-order valence-electron chi connectivity index (χ2n) is 10.8. The predicted molar refractivity (Wildman–Crippen MR) is 162 cm³/mol. The maximum atomic E-state index is 11.5. The van der Waals surface area contributed by atoms with Crippen LogP contribution in [-0.2, 0) is 39.5 Å². The molecule has 0 saturated heterocycles. The Morgan fingerprint density at radius 1 is 0.581 bits per heavy atom. The molecule has 5 rings (SSSR count). The molecule has 5 heterocycles. The van der Waals surface area contributed by atoms with Crippen molar-refractivity contribution in [3.63, 3.8) is 0 Å². The Morgan fingerprint density at radius 2 is 1.02 bits per heavy atom. The van der Waals surface area contributed by atoms with Crippen LogP contribution in [0.3, 0.4) is 0 Å². The summed E-state index contributed by atoms with van der Waals surface area (Å²) in [7, 11) is 0. The molecule has 4 aromatic rings. The van der Waals surface area contributed by atoms with Gasteiger partial charge in [0.25, 0.3) is 0 Å². The molecule has 0 aromatic carbocycles. The third-order valence-electron chi connectivity index (χ3n) is 8.23. The van der Waals surface area contributed by atoms with Gasteiger partial charge in [-0.3, -0.25) is 9.59 Å². The Hall–Kier alpha value is -4.20. The molecule has 0 atom stereocenters. The van der Waals surface area contributed by atoms with Gasteiger partial charge in [-0.2, -0.15) is 0 Å². The maximum Gasteiger partial charge on any atom is 2.00 e. The summed E-state index contributed by atoms with van der Waals surface area (Å²) in [4.78, 5) is 42.9. The zero-order valence-electron chi connectivity index (χ0n) is 25.1. The van der Waals surface area contributed by atoms with E-state index >= 15 is 0 Å². The molecule has 224 valence electrons. The van der Waals surface area contributed by atoms with Crippen LogP contribution < -0.4 is 51.8 Å². The van der Waals surface area contributed by atoms with Crippen molar-refractivity contribution in [1.82, 2.24) is 19.9 Å². The number of rotatable bonds is 6. The van der Waals surface area contributed by atoms with Crippen LogP contribution in [0.4, 0.5) is 0 Å². The summed E-state index contributed by atoms with van der Waals surface area (Å²) in [6.07, 6.45) is 12.4. The first kappa shape index (κ1) is 31.7. The second-order valence-corrected chi connectivity index (χ2v) is 10.8. The Balaban J connectivity index is 0.00000423. The molecular weight excluding hydrogens is 584 g/mol. The van der Waals surface area contributed by atoms with Crippen LogP contribution in [0, 0.1) is 27.7 Å². The molecule has 1 aliphatic heterocycles. The van der Waals surface area contributed by atoms with E-state index in [2.05, 4.69) is 13.0 Å². The van der Waals surface area contributed by atoms with Crippen LogP contribution in [0.25, 0.3) is 36.5 Å². The third-order valence-corrected chi connectivity index (χ3v) is 8.23. The summed E-state index contributed by atoms with van der Waals surface area (Å²) < 4.78 is 0. The van der Waals surface area contributed by atoms with Gasteiger partial charge in [-0.05, 0) is 64.8 Å². The van der Waals surface area contributed by atoms with Crippen molar-refractivity contribution >= 4 is 48.4 Å². The molecule has 8 nitrogen and oxygen atoms in total. The van der Waals surface area contributed by atoms with Gasteiger partial charge in [0.15, 0.2) is 0 Å². The Bertz CT molecular complexity index is 2120. The van der Waals surface area contributed by atoms with Crippen molar-refractivity contribution in [3.8, 4) is 0 Å². The van der Waals surface area contributed by atoms with E-state index in [1.807, 2.05) is 65.0 Å². The minimum absolute atomic E-state index is 0. The summed E-state index contributed by atoms with van der Waals surface area (Å²) in [6, 6.07) is 0. The largest absolute Gasteiger partial charge is 2.00 e. The van der Waals surface area contributed by atoms with Crippen LogP contribution in [0.2, 0.25) is 0 Å². The molecule has 0 unspecified atom stereocenters. The molecule has 0 saturated carbocycles. The van der Waals surface area contributed by atoms with E-state index in [9.17, 15) is 19.8 Å². The molecule has 2 N–H and O–H groups in total. The number of hydrogen-bond donors (Lipinski definition) is 2. The van der Waals surface area contributed by atoms with Crippen molar-refractivity contribution in [1.29, 1.82) is 0 Å². The van der Waals surface area contributed by atoms with Gasteiger partial charge in [0, 0.05) is 12.8 Å². The van der Waals surface area contributed by atoms with Crippen molar-refractivity contribution in [2.24, 2.45) is 0 Å². The Labute approximate surface area is 259 Å². The average Bonchev–Trinajstić information content (AvgIpc) is 3.59. The number of nitrogens with zero attached hydrogens (tertiary/aromatic N) is 4. The van der Waals surface area contributed by atoms with Gasteiger partial charge >= 0.3 is 29.0 Å². The quantitative estimate of drug-likeness (QED) is 0.255. The molecule has 0 radical (unpaired) electrons. The summed E-state index contributed by atoms with van der Waals surface area (Å²) >= 11 is 0. The molecule has 0 spiro atoms. The first-order valence-electron chi connectivity index (χ1n) is 14.1. The van der Waals surface area contributed by atoms with Crippen molar-refractivity contribution in [3.05, 3.63) is 88.0 Å². The van der Waals surface area contributed by atoms with Crippen molar-refractivity contribution in [2.75, 3.05) is 0 Å². The maximum absolute atomic E-state index is 11.5. The molecular formula is C34H34FeN4O4-2. The smallest absolute Gasteiger partial charge is 0.657 e. The fourth-order valence-electron chi connectivity index (χ4n) is 5.83. The van der Waals surface area contributed by atoms with Gasteiger partial charge < -0.3 is 30.1 Å². The summed E-state index contributed by atoms with van der Waals surface area (Å²) in [5.74, 6) is -1.77. The summed E-state index contributed by atoms with van der Waals surface area (Å²) in [5.41, 5.74) is 8.51. The average molecular weight is 619 g/mol. The molecule has 1 aliphatic rings. The number of carboxylic acids is 2. The van der Waals surface area contributed by atoms with Crippen molar-refractivity contribution < 1.29 is 36.9 Å². The molecule has 9 heteroatoms. The number of aromatic nitrogens is 4. The number of hydrogen-bond acceptors (Lipinski definition) is 2. The predicted octanol–water partition coefficient (Wildman–Crippen LogP) is 0.0104. The van der Waals surface area contributed by atoms with Crippen LogP contribution in [0.15, 0.2) is 0 Å². The van der Waals surface area contributed by atoms with Crippen molar-refractivity contribution in [2.45, 2.75) is 67.2 Å². The van der Waals surface area contributed by atoms with E-state index in [0.29, 0.717) is 23.9 Å². The van der Waals surface area contributed by atoms with Gasteiger partial charge in [0.1, 0.15) is 0 Å². The molecule has 0 amide bonds. The fourth-order valence-corrected chi connectivity index (χ4v) is 5.83. The van der Waals surface area contributed by atoms with Gasteiger partial charge in [-0.15, -0.1) is 44.2 Å². The number of carbonyl (C=O) groups is 2. The SMILES string of the molecule is C/C=c1\c(C)c2[n-]\c1=C/c1[n-]c(c(CCC(=O)O)c1C)/C=c1\[n-]/c(c(C)c1CCC(=O)O)=C\c1[n-]c(/c(=C/C)c1C)=C\2.[Fe+2]. The van der Waals surface area contributed by atoms with E-state index in [0.717, 1.165) is 76.9 Å². The zero-order valence-corrected chi connectivity index (χ0v) is 26.3. The molecule has 0 aliphatic carbocycles. The van der Waals surface area contributed by atoms with Gasteiger partial charge in [0.05, 0.1) is 0 Å². The fraction of sp³-hybridized carbons (Fsp3) is 0.294. The van der Waals surface area contributed by atoms with E-state index in [4.69, 9.17) is 19.9 Å². The monoisotopic (exact) mass is 618 g/mol. The van der Waals surface area contributed by atoms with E-state index in [1.54, 1.807) is 0 Å². The first-order chi connectivity index (χ1) is 20.0. The number of carboxylic acid groups (broad SMARTS) is 2. The van der Waals surface area contributed by atoms with Gasteiger partial charge in [-0.25, -0.2) is 0 Å². The topological polar surface area (TPSA) is 131 Å². The molecule has 8 bridgehead atoms.